The molecule has 0 aliphatic rings. The summed E-state index contributed by atoms with van der Waals surface area (Å²) < 4.78 is 85.1. The molecule has 0 aliphatic carbocycles. The largest absolute Gasteiger partial charge is 0.252 e. The van der Waals surface area contributed by atoms with Crippen molar-refractivity contribution in [1.29, 1.82) is 0 Å². The number of benzene rings is 3. The molecule has 0 heterocycles. The molecule has 0 N–H and O–H groups in total. The minimum atomic E-state index is -1.36. The number of halogens is 6. The SMILES string of the molecule is Cc1cc(B(c2cc(C)c(F)cc2F)c2cc(C)c(F)cc2F)c(F)cc1F. The van der Waals surface area contributed by atoms with Crippen LogP contribution in [0.5, 0.6) is 0 Å². The standard InChI is InChI=1S/C21H15BF6/c1-10-4-13(19(26)7-16(10)23)22(14-5-11(2)17(24)8-20(14)27)15-6-12(3)18(25)9-21(15)28/h4-9H,1-3H3. The zero-order chi connectivity index (χ0) is 20.7. The van der Waals surface area contributed by atoms with Gasteiger partial charge < -0.3 is 0 Å². The van der Waals surface area contributed by atoms with Gasteiger partial charge in [0.25, 0.3) is 6.71 Å². The molecule has 7 heteroatoms. The van der Waals surface area contributed by atoms with Gasteiger partial charge in [-0.2, -0.15) is 0 Å². The number of rotatable bonds is 3. The van der Waals surface area contributed by atoms with Crippen molar-refractivity contribution in [1.82, 2.24) is 0 Å². The van der Waals surface area contributed by atoms with Crippen LogP contribution in [0.3, 0.4) is 0 Å². The van der Waals surface area contributed by atoms with Crippen molar-refractivity contribution in [2.75, 3.05) is 0 Å². The van der Waals surface area contributed by atoms with Crippen molar-refractivity contribution in [3.8, 4) is 0 Å². The predicted molar refractivity (Wildman–Crippen MR) is 97.9 cm³/mol. The van der Waals surface area contributed by atoms with Gasteiger partial charge in [0, 0.05) is 18.2 Å². The van der Waals surface area contributed by atoms with Crippen molar-refractivity contribution < 1.29 is 26.3 Å². The zero-order valence-corrected chi connectivity index (χ0v) is 15.3. The van der Waals surface area contributed by atoms with E-state index in [2.05, 4.69) is 0 Å². The lowest BCUT2D eigenvalue weighted by atomic mass is 9.36. The molecule has 0 saturated heterocycles. The van der Waals surface area contributed by atoms with Crippen molar-refractivity contribution in [2.45, 2.75) is 20.8 Å². The fourth-order valence-electron chi connectivity index (χ4n) is 3.20. The summed E-state index contributed by atoms with van der Waals surface area (Å²) in [7, 11) is 0. The highest BCUT2D eigenvalue weighted by atomic mass is 19.2. The summed E-state index contributed by atoms with van der Waals surface area (Å²) in [5, 5.41) is 0. The Kier molecular flexibility index (Phi) is 5.28. The minimum Gasteiger partial charge on any atom is -0.207 e. The van der Waals surface area contributed by atoms with Gasteiger partial charge in [0.1, 0.15) is 34.9 Å². The van der Waals surface area contributed by atoms with Crippen LogP contribution in [0.15, 0.2) is 36.4 Å². The van der Waals surface area contributed by atoms with Crippen LogP contribution in [0, 0.1) is 55.7 Å². The van der Waals surface area contributed by atoms with Gasteiger partial charge in [0.15, 0.2) is 0 Å². The molecule has 3 aromatic rings. The van der Waals surface area contributed by atoms with Gasteiger partial charge in [-0.3, -0.25) is 0 Å². The van der Waals surface area contributed by atoms with Gasteiger partial charge in [-0.25, -0.2) is 26.3 Å². The third-order valence-corrected chi connectivity index (χ3v) is 4.77. The topological polar surface area (TPSA) is 0 Å². The van der Waals surface area contributed by atoms with Crippen LogP contribution in [0.4, 0.5) is 26.3 Å². The third kappa shape index (κ3) is 3.53. The maximum absolute atomic E-state index is 14.6. The Morgan fingerprint density at radius 1 is 0.429 bits per heavy atom. The first-order valence-electron chi connectivity index (χ1n) is 8.46. The molecule has 0 spiro atoms. The second-order valence-corrected chi connectivity index (χ2v) is 6.80. The Hall–Kier alpha value is -2.70. The van der Waals surface area contributed by atoms with E-state index in [1.54, 1.807) is 0 Å². The molecule has 0 atom stereocenters. The van der Waals surface area contributed by atoms with Crippen LogP contribution < -0.4 is 16.4 Å². The Labute approximate surface area is 158 Å². The van der Waals surface area contributed by atoms with Crippen LogP contribution in [-0.4, -0.2) is 6.71 Å². The second-order valence-electron chi connectivity index (χ2n) is 6.80. The van der Waals surface area contributed by atoms with Gasteiger partial charge in [0.2, 0.25) is 0 Å². The molecule has 0 saturated carbocycles. The first kappa shape index (κ1) is 20.0. The van der Waals surface area contributed by atoms with Gasteiger partial charge in [-0.1, -0.05) is 18.2 Å². The molecule has 0 fully saturated rings. The molecule has 0 aliphatic heterocycles. The van der Waals surface area contributed by atoms with Gasteiger partial charge >= 0.3 is 0 Å². The highest BCUT2D eigenvalue weighted by molar-refractivity contribution is 6.95. The summed E-state index contributed by atoms with van der Waals surface area (Å²) in [6, 6.07) is 5.31. The Morgan fingerprint density at radius 2 is 0.679 bits per heavy atom. The molecule has 0 aromatic heterocycles. The van der Waals surface area contributed by atoms with Gasteiger partial charge in [-0.15, -0.1) is 0 Å². The molecule has 28 heavy (non-hydrogen) atoms. The fourth-order valence-corrected chi connectivity index (χ4v) is 3.20. The molecule has 0 nitrogen and oxygen atoms in total. The van der Waals surface area contributed by atoms with E-state index < -0.39 is 41.6 Å². The molecular weight excluding hydrogens is 377 g/mol. The highest BCUT2D eigenvalue weighted by Crippen LogP contribution is 2.14. The quantitative estimate of drug-likeness (QED) is 0.468. The van der Waals surface area contributed by atoms with E-state index in [0.717, 1.165) is 18.2 Å². The summed E-state index contributed by atoms with van der Waals surface area (Å²) >= 11 is 0. The first-order valence-corrected chi connectivity index (χ1v) is 8.46. The van der Waals surface area contributed by atoms with E-state index in [0.29, 0.717) is 18.2 Å². The Balaban J connectivity index is 2.38. The average molecular weight is 392 g/mol. The van der Waals surface area contributed by atoms with E-state index in [9.17, 15) is 26.3 Å². The summed E-state index contributed by atoms with van der Waals surface area (Å²) in [5.74, 6) is -5.49. The maximum atomic E-state index is 14.6. The lowest BCUT2D eigenvalue weighted by Gasteiger charge is -2.20. The van der Waals surface area contributed by atoms with Crippen LogP contribution in [0.25, 0.3) is 0 Å². The molecular formula is C21H15BF6. The van der Waals surface area contributed by atoms with Crippen LogP contribution in [-0.2, 0) is 0 Å². The van der Waals surface area contributed by atoms with E-state index >= 15 is 0 Å². The van der Waals surface area contributed by atoms with Crippen LogP contribution in [0.2, 0.25) is 0 Å². The fraction of sp³-hybridized carbons (Fsp3) is 0.143. The molecule has 3 rings (SSSR count). The third-order valence-electron chi connectivity index (χ3n) is 4.77. The van der Waals surface area contributed by atoms with Gasteiger partial charge in [0.05, 0.1) is 0 Å². The van der Waals surface area contributed by atoms with E-state index in [-0.39, 0.29) is 33.1 Å². The Bertz CT molecular complexity index is 941. The van der Waals surface area contributed by atoms with E-state index in [4.69, 9.17) is 0 Å². The molecule has 144 valence electrons. The Morgan fingerprint density at radius 3 is 0.929 bits per heavy atom. The number of hydrogen-bond acceptors (Lipinski definition) is 0. The minimum absolute atomic E-state index is 0.0693. The van der Waals surface area contributed by atoms with Crippen molar-refractivity contribution >= 4 is 23.1 Å². The number of hydrogen-bond donors (Lipinski definition) is 0. The maximum Gasteiger partial charge on any atom is 0.252 e. The molecule has 3 aromatic carbocycles. The summed E-state index contributed by atoms with van der Waals surface area (Å²) in [4.78, 5) is 0. The summed E-state index contributed by atoms with van der Waals surface area (Å²) in [5.41, 5.74) is -0.393. The van der Waals surface area contributed by atoms with E-state index in [1.165, 1.54) is 20.8 Å². The molecule has 0 radical (unpaired) electrons. The van der Waals surface area contributed by atoms with Crippen LogP contribution >= 0.6 is 0 Å². The number of aryl methyl sites for hydroxylation is 3. The van der Waals surface area contributed by atoms with Crippen LogP contribution in [0.1, 0.15) is 16.7 Å². The zero-order valence-electron chi connectivity index (χ0n) is 15.3. The van der Waals surface area contributed by atoms with E-state index in [1.807, 2.05) is 0 Å². The van der Waals surface area contributed by atoms with Crippen molar-refractivity contribution in [2.24, 2.45) is 0 Å². The average Bonchev–Trinajstić information content (AvgIpc) is 2.61. The smallest absolute Gasteiger partial charge is 0.207 e. The van der Waals surface area contributed by atoms with Gasteiger partial charge in [-0.05, 0) is 53.8 Å². The second kappa shape index (κ2) is 7.38. The normalized spacial score (nSPS) is 11.0. The predicted octanol–water partition coefficient (Wildman–Crippen LogP) is 3.96. The summed E-state index contributed by atoms with van der Waals surface area (Å²) in [6.45, 7) is 2.79. The van der Waals surface area contributed by atoms with Crippen molar-refractivity contribution in [3.63, 3.8) is 0 Å². The lowest BCUT2D eigenvalue weighted by Crippen LogP contribution is -2.56. The monoisotopic (exact) mass is 392 g/mol. The summed E-state index contributed by atoms with van der Waals surface area (Å²) in [6.07, 6.45) is 0. The first-order chi connectivity index (χ1) is 13.1. The van der Waals surface area contributed by atoms with Crippen molar-refractivity contribution in [3.05, 3.63) is 88.0 Å². The molecule has 0 amide bonds. The highest BCUT2D eigenvalue weighted by Gasteiger charge is 2.32. The molecule has 0 unspecified atom stereocenters. The lowest BCUT2D eigenvalue weighted by molar-refractivity contribution is 0.580. The molecule has 0 bridgehead atoms.